The van der Waals surface area contributed by atoms with Gasteiger partial charge in [0.2, 0.25) is 0 Å². The number of rotatable bonds is 5. The Bertz CT molecular complexity index is 1200. The van der Waals surface area contributed by atoms with E-state index in [0.717, 1.165) is 55.1 Å². The van der Waals surface area contributed by atoms with E-state index in [4.69, 9.17) is 4.74 Å². The summed E-state index contributed by atoms with van der Waals surface area (Å²) in [6.07, 6.45) is 5.08. The Morgan fingerprint density at radius 1 is 1.03 bits per heavy atom. The van der Waals surface area contributed by atoms with Gasteiger partial charge in [0, 0.05) is 41.8 Å². The molecule has 0 radical (unpaired) electrons. The zero-order valence-electron chi connectivity index (χ0n) is 19.6. The summed E-state index contributed by atoms with van der Waals surface area (Å²) in [5.74, 6) is 0.411. The maximum atomic E-state index is 14.2. The molecule has 3 aromatic rings. The minimum absolute atomic E-state index is 0.0648. The number of nitrogens with zero attached hydrogens (tertiary/aromatic N) is 1. The molecule has 34 heavy (non-hydrogen) atoms. The Balaban J connectivity index is 1.70. The van der Waals surface area contributed by atoms with Gasteiger partial charge in [0.25, 0.3) is 0 Å². The average molecular weight is 466 g/mol. The van der Waals surface area contributed by atoms with Gasteiger partial charge < -0.3 is 19.5 Å². The van der Waals surface area contributed by atoms with Crippen LogP contribution in [0.2, 0.25) is 0 Å². The van der Waals surface area contributed by atoms with Gasteiger partial charge in [-0.3, -0.25) is 4.79 Å². The van der Waals surface area contributed by atoms with Crippen LogP contribution in [0.4, 0.5) is 4.39 Å². The van der Waals surface area contributed by atoms with Crippen molar-refractivity contribution in [2.45, 2.75) is 57.3 Å². The molecule has 0 amide bonds. The zero-order valence-corrected chi connectivity index (χ0v) is 19.6. The van der Waals surface area contributed by atoms with E-state index < -0.39 is 0 Å². The van der Waals surface area contributed by atoms with Crippen molar-refractivity contribution in [1.29, 1.82) is 0 Å². The number of halogens is 1. The Labute approximate surface area is 199 Å². The summed E-state index contributed by atoms with van der Waals surface area (Å²) in [6.45, 7) is 2.80. The number of aromatic hydroxyl groups is 1. The minimum Gasteiger partial charge on any atom is -0.508 e. The van der Waals surface area contributed by atoms with Crippen molar-refractivity contribution in [2.24, 2.45) is 5.92 Å². The lowest BCUT2D eigenvalue weighted by atomic mass is 9.75. The number of phenols is 1. The average Bonchev–Trinajstić information content (AvgIpc) is 3.20. The van der Waals surface area contributed by atoms with Crippen molar-refractivity contribution in [3.8, 4) is 11.4 Å². The SMILES string of the molecule is Cc1cc(-n2c(C3CCOCC3)c([C@H]3CC[C@H](C(=O)CO)CC3)c3cc(O)ccc32)ccc1F. The van der Waals surface area contributed by atoms with Crippen LogP contribution in [0.1, 0.15) is 67.2 Å². The number of hydrogen-bond acceptors (Lipinski definition) is 4. The van der Waals surface area contributed by atoms with E-state index >= 15 is 0 Å². The van der Waals surface area contributed by atoms with Gasteiger partial charge in [-0.25, -0.2) is 4.39 Å². The molecule has 2 N–H and O–H groups in total. The molecule has 1 aliphatic heterocycles. The first-order chi connectivity index (χ1) is 16.5. The highest BCUT2D eigenvalue weighted by Crippen LogP contribution is 2.47. The Morgan fingerprint density at radius 3 is 2.44 bits per heavy atom. The molecule has 0 bridgehead atoms. The predicted molar refractivity (Wildman–Crippen MR) is 129 cm³/mol. The quantitative estimate of drug-likeness (QED) is 0.521. The lowest BCUT2D eigenvalue weighted by Gasteiger charge is -2.31. The zero-order chi connectivity index (χ0) is 23.8. The molecule has 2 aliphatic rings. The fraction of sp³-hybridized carbons (Fsp3) is 0.464. The monoisotopic (exact) mass is 465 g/mol. The summed E-state index contributed by atoms with van der Waals surface area (Å²) < 4.78 is 22.1. The first-order valence-corrected chi connectivity index (χ1v) is 12.3. The fourth-order valence-corrected chi connectivity index (χ4v) is 6.00. The number of ether oxygens (including phenoxy) is 1. The molecule has 2 fully saturated rings. The van der Waals surface area contributed by atoms with Gasteiger partial charge in [-0.15, -0.1) is 0 Å². The second-order valence-corrected chi connectivity index (χ2v) is 9.83. The smallest absolute Gasteiger partial charge is 0.161 e. The fourth-order valence-electron chi connectivity index (χ4n) is 6.00. The first kappa shape index (κ1) is 23.1. The minimum atomic E-state index is -0.389. The topological polar surface area (TPSA) is 71.7 Å². The third-order valence-corrected chi connectivity index (χ3v) is 7.78. The first-order valence-electron chi connectivity index (χ1n) is 12.3. The molecule has 0 spiro atoms. The molecule has 2 heterocycles. The summed E-state index contributed by atoms with van der Waals surface area (Å²) >= 11 is 0. The maximum absolute atomic E-state index is 14.2. The molecule has 5 nitrogen and oxygen atoms in total. The molecule has 6 heteroatoms. The highest BCUT2D eigenvalue weighted by atomic mass is 19.1. The molecule has 1 aromatic heterocycles. The molecule has 2 aromatic carbocycles. The highest BCUT2D eigenvalue weighted by molar-refractivity contribution is 5.89. The number of benzene rings is 2. The number of carbonyl (C=O) groups excluding carboxylic acids is 1. The maximum Gasteiger partial charge on any atom is 0.161 e. The number of ketones is 1. The van der Waals surface area contributed by atoms with E-state index in [9.17, 15) is 19.4 Å². The van der Waals surface area contributed by atoms with Gasteiger partial charge in [-0.2, -0.15) is 0 Å². The number of phenolic OH excluding ortho intramolecular Hbond substituents is 1. The van der Waals surface area contributed by atoms with Crippen LogP contribution in [0.15, 0.2) is 36.4 Å². The van der Waals surface area contributed by atoms with Crippen LogP contribution >= 0.6 is 0 Å². The van der Waals surface area contributed by atoms with Crippen molar-refractivity contribution in [2.75, 3.05) is 19.8 Å². The van der Waals surface area contributed by atoms with Crippen LogP contribution in [-0.4, -0.2) is 40.4 Å². The third-order valence-electron chi connectivity index (χ3n) is 7.78. The molecule has 1 saturated carbocycles. The molecule has 0 atom stereocenters. The Hall–Kier alpha value is -2.70. The van der Waals surface area contributed by atoms with Gasteiger partial charge >= 0.3 is 0 Å². The van der Waals surface area contributed by atoms with E-state index in [-0.39, 0.29) is 35.8 Å². The van der Waals surface area contributed by atoms with Crippen molar-refractivity contribution in [3.63, 3.8) is 0 Å². The number of aliphatic hydroxyl groups excluding tert-OH is 1. The van der Waals surface area contributed by atoms with Gasteiger partial charge in [0.05, 0.1) is 5.52 Å². The van der Waals surface area contributed by atoms with Crippen LogP contribution in [0.5, 0.6) is 5.75 Å². The number of hydrogen-bond donors (Lipinski definition) is 2. The van der Waals surface area contributed by atoms with Crippen LogP contribution in [-0.2, 0) is 9.53 Å². The summed E-state index contributed by atoms with van der Waals surface area (Å²) in [7, 11) is 0. The van der Waals surface area contributed by atoms with Crippen LogP contribution < -0.4 is 0 Å². The number of carbonyl (C=O) groups is 1. The second-order valence-electron chi connectivity index (χ2n) is 9.83. The molecule has 1 aliphatic carbocycles. The van der Waals surface area contributed by atoms with E-state index in [0.29, 0.717) is 24.7 Å². The van der Waals surface area contributed by atoms with E-state index in [1.54, 1.807) is 13.0 Å². The van der Waals surface area contributed by atoms with Gasteiger partial charge in [-0.05, 0) is 98.9 Å². The predicted octanol–water partition coefficient (Wildman–Crippen LogP) is 5.51. The van der Waals surface area contributed by atoms with Crippen molar-refractivity contribution in [1.82, 2.24) is 4.57 Å². The van der Waals surface area contributed by atoms with E-state index in [1.165, 1.54) is 17.3 Å². The number of aromatic nitrogens is 1. The van der Waals surface area contributed by atoms with Crippen LogP contribution in [0.25, 0.3) is 16.6 Å². The molecule has 1 saturated heterocycles. The summed E-state index contributed by atoms with van der Waals surface area (Å²) in [4.78, 5) is 12.1. The van der Waals surface area contributed by atoms with Gasteiger partial charge in [0.1, 0.15) is 18.2 Å². The van der Waals surface area contributed by atoms with Crippen molar-refractivity contribution in [3.05, 3.63) is 59.0 Å². The molecular weight excluding hydrogens is 433 g/mol. The summed E-state index contributed by atoms with van der Waals surface area (Å²) in [5.41, 5.74) is 5.00. The van der Waals surface area contributed by atoms with E-state index in [1.807, 2.05) is 24.3 Å². The Morgan fingerprint density at radius 2 is 1.76 bits per heavy atom. The third kappa shape index (κ3) is 4.14. The van der Waals surface area contributed by atoms with Gasteiger partial charge in [-0.1, -0.05) is 0 Å². The number of Topliss-reactive ketones (excluding diaryl/α,β-unsaturated/α-hetero) is 1. The number of fused-ring (bicyclic) bond motifs is 1. The van der Waals surface area contributed by atoms with Crippen molar-refractivity contribution < 1.29 is 24.1 Å². The van der Waals surface area contributed by atoms with Crippen molar-refractivity contribution >= 4 is 16.7 Å². The normalized spacial score (nSPS) is 21.7. The Kier molecular flexibility index (Phi) is 6.45. The molecule has 5 rings (SSSR count). The highest BCUT2D eigenvalue weighted by Gasteiger charge is 2.34. The lowest BCUT2D eigenvalue weighted by molar-refractivity contribution is -0.126. The molecular formula is C28H32FNO4. The summed E-state index contributed by atoms with van der Waals surface area (Å²) in [6, 6.07) is 10.8. The lowest BCUT2D eigenvalue weighted by Crippen LogP contribution is -2.24. The van der Waals surface area contributed by atoms with Gasteiger partial charge in [0.15, 0.2) is 5.78 Å². The van der Waals surface area contributed by atoms with E-state index in [2.05, 4.69) is 4.57 Å². The number of aliphatic hydroxyl groups is 1. The molecule has 0 unspecified atom stereocenters. The molecule has 180 valence electrons. The largest absolute Gasteiger partial charge is 0.508 e. The van der Waals surface area contributed by atoms with Crippen LogP contribution in [0, 0.1) is 18.7 Å². The van der Waals surface area contributed by atoms with Crippen LogP contribution in [0.3, 0.4) is 0 Å². The number of aryl methyl sites for hydroxylation is 1. The standard InChI is InChI=1S/C28H32FNO4/c1-17-14-21(6-8-24(17)29)30-25-9-7-22(32)15-23(25)27(28(30)20-10-12-34-13-11-20)19-4-2-18(3-5-19)26(33)16-31/h6-9,14-15,18-20,31-32H,2-5,10-13,16H2,1H3/t18-,19-. The summed E-state index contributed by atoms with van der Waals surface area (Å²) in [5, 5.41) is 20.7. The second kappa shape index (κ2) is 9.51.